The Bertz CT molecular complexity index is 166. The maximum atomic E-state index is 3.29. The van der Waals surface area contributed by atoms with E-state index in [1.54, 1.807) is 0 Å². The van der Waals surface area contributed by atoms with Gasteiger partial charge in [0.25, 0.3) is 0 Å². The molecule has 1 rings (SSSR count). The van der Waals surface area contributed by atoms with Gasteiger partial charge in [-0.25, -0.2) is 0 Å². The van der Waals surface area contributed by atoms with E-state index in [0.717, 1.165) is 0 Å². The first-order valence-corrected chi connectivity index (χ1v) is 5.93. The standard InChI is InChI=1S/C12H26N2/c1-11(13-4)6-5-8-14-9-7-12(2,3)10-14/h11,13H,5-10H2,1-4H3. The van der Waals surface area contributed by atoms with E-state index in [-0.39, 0.29) is 0 Å². The van der Waals surface area contributed by atoms with E-state index in [2.05, 4.69) is 31.0 Å². The minimum Gasteiger partial charge on any atom is -0.317 e. The Morgan fingerprint density at radius 1 is 1.43 bits per heavy atom. The molecule has 2 nitrogen and oxygen atoms in total. The molecule has 1 saturated heterocycles. The van der Waals surface area contributed by atoms with Crippen LogP contribution in [-0.2, 0) is 0 Å². The van der Waals surface area contributed by atoms with Crippen molar-refractivity contribution in [3.63, 3.8) is 0 Å². The van der Waals surface area contributed by atoms with Gasteiger partial charge in [-0.05, 0) is 51.7 Å². The van der Waals surface area contributed by atoms with Crippen molar-refractivity contribution in [2.75, 3.05) is 26.7 Å². The number of hydrogen-bond donors (Lipinski definition) is 1. The van der Waals surface area contributed by atoms with Gasteiger partial charge in [0.2, 0.25) is 0 Å². The molecule has 14 heavy (non-hydrogen) atoms. The summed E-state index contributed by atoms with van der Waals surface area (Å²) in [6.07, 6.45) is 4.00. The number of hydrogen-bond acceptors (Lipinski definition) is 2. The molecule has 1 N–H and O–H groups in total. The average Bonchev–Trinajstić information content (AvgIpc) is 2.45. The van der Waals surface area contributed by atoms with E-state index in [0.29, 0.717) is 11.5 Å². The van der Waals surface area contributed by atoms with Crippen molar-refractivity contribution in [1.29, 1.82) is 0 Å². The fraction of sp³-hybridized carbons (Fsp3) is 1.00. The van der Waals surface area contributed by atoms with Crippen molar-refractivity contribution in [2.45, 2.75) is 46.1 Å². The second-order valence-electron chi connectivity index (χ2n) is 5.52. The van der Waals surface area contributed by atoms with Crippen LogP contribution in [0.3, 0.4) is 0 Å². The van der Waals surface area contributed by atoms with Gasteiger partial charge in [0, 0.05) is 12.6 Å². The minimum atomic E-state index is 0.564. The molecule has 0 amide bonds. The largest absolute Gasteiger partial charge is 0.317 e. The van der Waals surface area contributed by atoms with Gasteiger partial charge in [0.05, 0.1) is 0 Å². The van der Waals surface area contributed by atoms with E-state index in [1.807, 2.05) is 7.05 Å². The molecule has 1 fully saturated rings. The highest BCUT2D eigenvalue weighted by molar-refractivity contribution is 4.82. The quantitative estimate of drug-likeness (QED) is 0.728. The summed E-state index contributed by atoms with van der Waals surface area (Å²) in [6.45, 7) is 10.9. The minimum absolute atomic E-state index is 0.564. The molecule has 0 radical (unpaired) electrons. The van der Waals surface area contributed by atoms with Crippen molar-refractivity contribution >= 4 is 0 Å². The Kier molecular flexibility index (Phi) is 4.39. The maximum absolute atomic E-state index is 3.29. The highest BCUT2D eigenvalue weighted by Crippen LogP contribution is 2.28. The van der Waals surface area contributed by atoms with Crippen LogP contribution in [0, 0.1) is 5.41 Å². The van der Waals surface area contributed by atoms with E-state index >= 15 is 0 Å². The van der Waals surface area contributed by atoms with Crippen molar-refractivity contribution in [3.8, 4) is 0 Å². The molecule has 1 atom stereocenters. The van der Waals surface area contributed by atoms with Gasteiger partial charge in [-0.1, -0.05) is 13.8 Å². The summed E-state index contributed by atoms with van der Waals surface area (Å²) < 4.78 is 0. The van der Waals surface area contributed by atoms with Crippen molar-refractivity contribution in [1.82, 2.24) is 10.2 Å². The molecule has 2 heteroatoms. The number of nitrogens with one attached hydrogen (secondary N) is 1. The summed E-state index contributed by atoms with van der Waals surface area (Å²) in [5, 5.41) is 3.29. The van der Waals surface area contributed by atoms with Crippen molar-refractivity contribution in [2.24, 2.45) is 5.41 Å². The van der Waals surface area contributed by atoms with Gasteiger partial charge in [-0.15, -0.1) is 0 Å². The lowest BCUT2D eigenvalue weighted by Crippen LogP contribution is -2.27. The molecule has 0 aromatic rings. The van der Waals surface area contributed by atoms with Crippen LogP contribution >= 0.6 is 0 Å². The van der Waals surface area contributed by atoms with Crippen LogP contribution in [0.2, 0.25) is 0 Å². The average molecular weight is 198 g/mol. The van der Waals surface area contributed by atoms with Gasteiger partial charge in [0.15, 0.2) is 0 Å². The third-order valence-corrected chi connectivity index (χ3v) is 3.36. The fourth-order valence-corrected chi connectivity index (χ4v) is 2.18. The predicted octanol–water partition coefficient (Wildman–Crippen LogP) is 2.11. The molecule has 1 unspecified atom stereocenters. The zero-order valence-electron chi connectivity index (χ0n) is 10.3. The summed E-state index contributed by atoms with van der Waals surface area (Å²) in [5.41, 5.74) is 0.564. The predicted molar refractivity (Wildman–Crippen MR) is 62.6 cm³/mol. The summed E-state index contributed by atoms with van der Waals surface area (Å²) >= 11 is 0. The Labute approximate surface area is 89.1 Å². The zero-order valence-corrected chi connectivity index (χ0v) is 10.3. The first kappa shape index (κ1) is 12.0. The number of likely N-dealkylation sites (tertiary alicyclic amines) is 1. The van der Waals surface area contributed by atoms with Crippen LogP contribution in [0.5, 0.6) is 0 Å². The highest BCUT2D eigenvalue weighted by Gasteiger charge is 2.28. The molecule has 0 spiro atoms. The van der Waals surface area contributed by atoms with Crippen molar-refractivity contribution in [3.05, 3.63) is 0 Å². The Hall–Kier alpha value is -0.0800. The van der Waals surface area contributed by atoms with Gasteiger partial charge >= 0.3 is 0 Å². The van der Waals surface area contributed by atoms with Gasteiger partial charge in [-0.2, -0.15) is 0 Å². The van der Waals surface area contributed by atoms with E-state index in [1.165, 1.54) is 38.9 Å². The first-order chi connectivity index (χ1) is 6.53. The second kappa shape index (κ2) is 5.13. The number of nitrogens with zero attached hydrogens (tertiary/aromatic N) is 1. The van der Waals surface area contributed by atoms with Crippen LogP contribution in [-0.4, -0.2) is 37.6 Å². The molecule has 0 bridgehead atoms. The molecule has 0 saturated carbocycles. The molecule has 1 heterocycles. The normalized spacial score (nSPS) is 24.0. The second-order valence-corrected chi connectivity index (χ2v) is 5.52. The summed E-state index contributed by atoms with van der Waals surface area (Å²) in [5.74, 6) is 0. The molecule has 84 valence electrons. The highest BCUT2D eigenvalue weighted by atomic mass is 15.1. The lowest BCUT2D eigenvalue weighted by atomic mass is 9.93. The molecular weight excluding hydrogens is 172 g/mol. The Morgan fingerprint density at radius 3 is 2.64 bits per heavy atom. The van der Waals surface area contributed by atoms with Crippen molar-refractivity contribution < 1.29 is 0 Å². The van der Waals surface area contributed by atoms with Crippen LogP contribution in [0.15, 0.2) is 0 Å². The first-order valence-electron chi connectivity index (χ1n) is 5.93. The summed E-state index contributed by atoms with van der Waals surface area (Å²) in [6, 6.07) is 0.672. The van der Waals surface area contributed by atoms with Crippen LogP contribution in [0.25, 0.3) is 0 Å². The Morgan fingerprint density at radius 2 is 2.14 bits per heavy atom. The molecule has 0 aromatic heterocycles. The van der Waals surface area contributed by atoms with Gasteiger partial charge in [0.1, 0.15) is 0 Å². The summed E-state index contributed by atoms with van der Waals surface area (Å²) in [7, 11) is 2.05. The third-order valence-electron chi connectivity index (χ3n) is 3.36. The van der Waals surface area contributed by atoms with Crippen LogP contribution < -0.4 is 5.32 Å². The fourth-order valence-electron chi connectivity index (χ4n) is 2.18. The van der Waals surface area contributed by atoms with E-state index < -0.39 is 0 Å². The van der Waals surface area contributed by atoms with Crippen LogP contribution in [0.4, 0.5) is 0 Å². The van der Waals surface area contributed by atoms with Crippen LogP contribution in [0.1, 0.15) is 40.0 Å². The summed E-state index contributed by atoms with van der Waals surface area (Å²) in [4.78, 5) is 2.61. The lowest BCUT2D eigenvalue weighted by molar-refractivity contribution is 0.282. The van der Waals surface area contributed by atoms with Gasteiger partial charge < -0.3 is 10.2 Å². The maximum Gasteiger partial charge on any atom is 0.00362 e. The third kappa shape index (κ3) is 3.97. The Balaban J connectivity index is 2.09. The van der Waals surface area contributed by atoms with E-state index in [9.17, 15) is 0 Å². The molecule has 0 aromatic carbocycles. The lowest BCUT2D eigenvalue weighted by Gasteiger charge is -2.20. The van der Waals surface area contributed by atoms with Gasteiger partial charge in [-0.3, -0.25) is 0 Å². The molecule has 1 aliphatic heterocycles. The monoisotopic (exact) mass is 198 g/mol. The molecule has 0 aliphatic carbocycles. The topological polar surface area (TPSA) is 15.3 Å². The smallest absolute Gasteiger partial charge is 0.00362 e. The zero-order chi connectivity index (χ0) is 10.6. The molecular formula is C12H26N2. The SMILES string of the molecule is CNC(C)CCCN1CCC(C)(C)C1. The number of rotatable bonds is 5. The van der Waals surface area contributed by atoms with E-state index in [4.69, 9.17) is 0 Å². The molecule has 1 aliphatic rings.